The minimum atomic E-state index is -1.02. The highest BCUT2D eigenvalue weighted by Crippen LogP contribution is 2.16. The van der Waals surface area contributed by atoms with Gasteiger partial charge in [0.2, 0.25) is 5.88 Å². The summed E-state index contributed by atoms with van der Waals surface area (Å²) in [6.07, 6.45) is 0. The minimum absolute atomic E-state index is 0.315. The second-order valence-electron chi connectivity index (χ2n) is 4.05. The van der Waals surface area contributed by atoms with Crippen LogP contribution in [-0.4, -0.2) is 27.5 Å². The molecule has 1 heterocycles. The van der Waals surface area contributed by atoms with Crippen molar-refractivity contribution in [1.82, 2.24) is 9.78 Å². The van der Waals surface area contributed by atoms with Crippen molar-refractivity contribution in [2.45, 2.75) is 13.8 Å². The number of carboxylic acids is 1. The Hall–Kier alpha value is -2.30. The molecule has 0 saturated carbocycles. The van der Waals surface area contributed by atoms with Crippen molar-refractivity contribution in [2.75, 3.05) is 6.61 Å². The Balaban J connectivity index is 2.23. The molecule has 0 radical (unpaired) electrons. The molecule has 0 aliphatic carbocycles. The molecule has 5 heteroatoms. The quantitative estimate of drug-likeness (QED) is 0.895. The number of rotatable bonds is 4. The molecule has 0 aliphatic rings. The molecule has 0 bridgehead atoms. The first kappa shape index (κ1) is 12.2. The van der Waals surface area contributed by atoms with Gasteiger partial charge in [-0.1, -0.05) is 17.7 Å². The Morgan fingerprint density at radius 2 is 2.00 bits per heavy atom. The first-order chi connectivity index (χ1) is 8.56. The fourth-order valence-electron chi connectivity index (χ4n) is 1.60. The predicted molar refractivity (Wildman–Crippen MR) is 66.2 cm³/mol. The van der Waals surface area contributed by atoms with E-state index in [9.17, 15) is 4.79 Å². The van der Waals surface area contributed by atoms with Gasteiger partial charge in [-0.15, -0.1) is 5.10 Å². The third-order valence-corrected chi connectivity index (χ3v) is 2.49. The van der Waals surface area contributed by atoms with Crippen LogP contribution in [-0.2, 0) is 4.79 Å². The van der Waals surface area contributed by atoms with E-state index in [-0.39, 0.29) is 6.61 Å². The number of aliphatic carboxylic acids is 1. The summed E-state index contributed by atoms with van der Waals surface area (Å²) < 4.78 is 6.76. The first-order valence-corrected chi connectivity index (χ1v) is 5.54. The van der Waals surface area contributed by atoms with Crippen molar-refractivity contribution in [3.05, 3.63) is 41.6 Å². The molecule has 1 aromatic heterocycles. The third kappa shape index (κ3) is 2.68. The molecular formula is C13H14N2O3. The molecule has 5 nitrogen and oxygen atoms in total. The molecule has 0 saturated heterocycles. The largest absolute Gasteiger partial charge is 0.479 e. The molecule has 0 aliphatic heterocycles. The van der Waals surface area contributed by atoms with Crippen LogP contribution in [0.15, 0.2) is 30.3 Å². The number of carbonyl (C=O) groups is 1. The maximum Gasteiger partial charge on any atom is 0.341 e. The lowest BCUT2D eigenvalue weighted by molar-refractivity contribution is -0.139. The van der Waals surface area contributed by atoms with Gasteiger partial charge in [-0.25, -0.2) is 9.48 Å². The highest BCUT2D eigenvalue weighted by atomic mass is 16.5. The normalized spacial score (nSPS) is 10.3. The summed E-state index contributed by atoms with van der Waals surface area (Å²) in [5.74, 6) is -0.701. The molecule has 94 valence electrons. The zero-order valence-corrected chi connectivity index (χ0v) is 10.3. The van der Waals surface area contributed by atoms with Crippen LogP contribution in [0.1, 0.15) is 11.3 Å². The van der Waals surface area contributed by atoms with Crippen LogP contribution in [0.3, 0.4) is 0 Å². The number of nitrogens with zero attached hydrogens (tertiary/aromatic N) is 2. The van der Waals surface area contributed by atoms with Crippen molar-refractivity contribution >= 4 is 5.97 Å². The Morgan fingerprint density at radius 3 is 2.61 bits per heavy atom. The van der Waals surface area contributed by atoms with E-state index < -0.39 is 5.97 Å². The van der Waals surface area contributed by atoms with Gasteiger partial charge in [0.25, 0.3) is 0 Å². The van der Waals surface area contributed by atoms with Gasteiger partial charge in [0.1, 0.15) is 0 Å². The van der Waals surface area contributed by atoms with Crippen LogP contribution in [0.2, 0.25) is 0 Å². The lowest BCUT2D eigenvalue weighted by Gasteiger charge is -2.04. The summed E-state index contributed by atoms with van der Waals surface area (Å²) >= 11 is 0. The van der Waals surface area contributed by atoms with Crippen LogP contribution in [0.5, 0.6) is 5.88 Å². The summed E-state index contributed by atoms with van der Waals surface area (Å²) in [6, 6.07) is 9.61. The van der Waals surface area contributed by atoms with Gasteiger partial charge in [0, 0.05) is 11.8 Å². The molecule has 2 aromatic rings. The number of hydrogen-bond acceptors (Lipinski definition) is 3. The van der Waals surface area contributed by atoms with E-state index >= 15 is 0 Å². The van der Waals surface area contributed by atoms with Crippen LogP contribution < -0.4 is 4.74 Å². The van der Waals surface area contributed by atoms with E-state index in [1.165, 1.54) is 5.56 Å². The number of carboxylic acid groups (broad SMARTS) is 1. The standard InChI is InChI=1S/C13H14N2O3/c1-9-3-5-11(6-4-9)15-10(2)7-12(14-15)18-8-13(16)17/h3-7H,8H2,1-2H3,(H,16,17). The molecule has 1 N–H and O–H groups in total. The van der Waals surface area contributed by atoms with E-state index in [0.717, 1.165) is 11.4 Å². The summed E-state index contributed by atoms with van der Waals surface area (Å²) in [7, 11) is 0. The van der Waals surface area contributed by atoms with E-state index in [2.05, 4.69) is 5.10 Å². The minimum Gasteiger partial charge on any atom is -0.479 e. The van der Waals surface area contributed by atoms with Gasteiger partial charge >= 0.3 is 5.97 Å². The van der Waals surface area contributed by atoms with Crippen LogP contribution in [0.4, 0.5) is 0 Å². The highest BCUT2D eigenvalue weighted by Gasteiger charge is 2.08. The fraction of sp³-hybridized carbons (Fsp3) is 0.231. The topological polar surface area (TPSA) is 64.4 Å². The van der Waals surface area contributed by atoms with Crippen LogP contribution >= 0.6 is 0 Å². The lowest BCUT2D eigenvalue weighted by Crippen LogP contribution is -2.09. The molecule has 0 fully saturated rings. The van der Waals surface area contributed by atoms with Crippen molar-refractivity contribution in [3.8, 4) is 11.6 Å². The third-order valence-electron chi connectivity index (χ3n) is 2.49. The number of aryl methyl sites for hydroxylation is 2. The maximum atomic E-state index is 10.4. The van der Waals surface area contributed by atoms with E-state index in [4.69, 9.17) is 9.84 Å². The van der Waals surface area contributed by atoms with Crippen molar-refractivity contribution < 1.29 is 14.6 Å². The van der Waals surface area contributed by atoms with Gasteiger partial charge in [-0.05, 0) is 26.0 Å². The highest BCUT2D eigenvalue weighted by molar-refractivity contribution is 5.68. The molecular weight excluding hydrogens is 232 g/mol. The Morgan fingerprint density at radius 1 is 1.33 bits per heavy atom. The zero-order chi connectivity index (χ0) is 13.1. The smallest absolute Gasteiger partial charge is 0.341 e. The van der Waals surface area contributed by atoms with E-state index in [0.29, 0.717) is 5.88 Å². The summed E-state index contributed by atoms with van der Waals surface area (Å²) in [4.78, 5) is 10.4. The molecule has 0 atom stereocenters. The molecule has 0 spiro atoms. The molecule has 1 aromatic carbocycles. The predicted octanol–water partition coefficient (Wildman–Crippen LogP) is 1.95. The second kappa shape index (κ2) is 4.91. The summed E-state index contributed by atoms with van der Waals surface area (Å²) in [6.45, 7) is 3.52. The van der Waals surface area contributed by atoms with Crippen molar-refractivity contribution in [2.24, 2.45) is 0 Å². The first-order valence-electron chi connectivity index (χ1n) is 5.54. The number of hydrogen-bond donors (Lipinski definition) is 1. The Labute approximate surface area is 105 Å². The van der Waals surface area contributed by atoms with Gasteiger partial charge < -0.3 is 9.84 Å². The van der Waals surface area contributed by atoms with E-state index in [1.807, 2.05) is 38.1 Å². The average Bonchev–Trinajstić information content (AvgIpc) is 2.69. The zero-order valence-electron chi connectivity index (χ0n) is 10.3. The lowest BCUT2D eigenvalue weighted by atomic mass is 10.2. The van der Waals surface area contributed by atoms with Gasteiger partial charge in [-0.3, -0.25) is 0 Å². The molecule has 0 amide bonds. The maximum absolute atomic E-state index is 10.4. The number of ether oxygens (including phenoxy) is 1. The van der Waals surface area contributed by atoms with Gasteiger partial charge in [0.15, 0.2) is 6.61 Å². The molecule has 2 rings (SSSR count). The number of aromatic nitrogens is 2. The van der Waals surface area contributed by atoms with Crippen molar-refractivity contribution in [3.63, 3.8) is 0 Å². The molecule has 0 unspecified atom stereocenters. The van der Waals surface area contributed by atoms with Crippen LogP contribution in [0.25, 0.3) is 5.69 Å². The van der Waals surface area contributed by atoms with Crippen molar-refractivity contribution in [1.29, 1.82) is 0 Å². The Kier molecular flexibility index (Phi) is 3.32. The number of benzene rings is 1. The second-order valence-corrected chi connectivity index (χ2v) is 4.05. The fourth-order valence-corrected chi connectivity index (χ4v) is 1.60. The van der Waals surface area contributed by atoms with Gasteiger partial charge in [-0.2, -0.15) is 0 Å². The summed E-state index contributed by atoms with van der Waals surface area (Å²) in [5, 5.41) is 12.8. The Bertz CT molecular complexity index is 558. The SMILES string of the molecule is Cc1ccc(-n2nc(OCC(=O)O)cc2C)cc1. The van der Waals surface area contributed by atoms with Gasteiger partial charge in [0.05, 0.1) is 5.69 Å². The van der Waals surface area contributed by atoms with Crippen LogP contribution in [0, 0.1) is 13.8 Å². The van der Waals surface area contributed by atoms with E-state index in [1.54, 1.807) is 10.7 Å². The summed E-state index contributed by atoms with van der Waals surface area (Å²) in [5.41, 5.74) is 2.98. The molecule has 18 heavy (non-hydrogen) atoms. The average molecular weight is 246 g/mol. The monoisotopic (exact) mass is 246 g/mol.